The maximum Gasteiger partial charge on any atom is 0.267 e. The number of hydrogen-bond acceptors (Lipinski definition) is 5. The van der Waals surface area contributed by atoms with Crippen molar-refractivity contribution < 1.29 is 14.3 Å². The monoisotopic (exact) mass is 237 g/mol. The Hall–Kier alpha value is -1.66. The van der Waals surface area contributed by atoms with Gasteiger partial charge in [-0.2, -0.15) is 0 Å². The molecule has 1 amide bonds. The largest absolute Gasteiger partial charge is 0.382 e. The molecule has 2 rings (SSSR count). The Morgan fingerprint density at radius 3 is 3.18 bits per heavy atom. The first-order valence-electron chi connectivity index (χ1n) is 5.45. The van der Waals surface area contributed by atoms with E-state index in [1.807, 2.05) is 0 Å². The first-order valence-corrected chi connectivity index (χ1v) is 5.45. The third kappa shape index (κ3) is 3.40. The lowest BCUT2D eigenvalue weighted by Crippen LogP contribution is -2.34. The summed E-state index contributed by atoms with van der Waals surface area (Å²) >= 11 is 0. The predicted molar refractivity (Wildman–Crippen MR) is 61.8 cm³/mol. The number of amides is 1. The van der Waals surface area contributed by atoms with Gasteiger partial charge in [0.1, 0.15) is 5.69 Å². The van der Waals surface area contributed by atoms with Crippen LogP contribution in [0.4, 0.5) is 5.69 Å². The van der Waals surface area contributed by atoms with Crippen molar-refractivity contribution in [2.75, 3.05) is 31.7 Å². The summed E-state index contributed by atoms with van der Waals surface area (Å²) in [4.78, 5) is 14.8. The molecule has 6 heteroatoms. The van der Waals surface area contributed by atoms with Crippen molar-refractivity contribution in [1.29, 1.82) is 0 Å². The van der Waals surface area contributed by atoms with E-state index in [4.69, 9.17) is 15.2 Å². The lowest BCUT2D eigenvalue weighted by atomic mass is 10.3. The zero-order valence-corrected chi connectivity index (χ0v) is 9.39. The summed E-state index contributed by atoms with van der Waals surface area (Å²) in [5.74, 6) is -0.536. The molecule has 0 saturated carbocycles. The molecular weight excluding hydrogens is 222 g/mol. The van der Waals surface area contributed by atoms with Gasteiger partial charge in [0.15, 0.2) is 0 Å². The van der Waals surface area contributed by atoms with Crippen LogP contribution in [0.1, 0.15) is 10.5 Å². The molecule has 1 aromatic heterocycles. The first kappa shape index (κ1) is 11.8. The van der Waals surface area contributed by atoms with E-state index in [9.17, 15) is 4.79 Å². The van der Waals surface area contributed by atoms with Gasteiger partial charge in [-0.25, -0.2) is 0 Å². The van der Waals surface area contributed by atoms with Gasteiger partial charge in [0.05, 0.1) is 25.9 Å². The maximum atomic E-state index is 10.9. The molecule has 3 N–H and O–H groups in total. The number of nitrogens with zero attached hydrogens (tertiary/aromatic N) is 1. The lowest BCUT2D eigenvalue weighted by Gasteiger charge is -2.23. The molecule has 2 heterocycles. The van der Waals surface area contributed by atoms with Crippen LogP contribution < -0.4 is 11.1 Å². The molecule has 0 radical (unpaired) electrons. The minimum Gasteiger partial charge on any atom is -0.382 e. The zero-order chi connectivity index (χ0) is 12.1. The molecule has 1 aromatic rings. The number of nitrogens with one attached hydrogen (secondary N) is 1. The Morgan fingerprint density at radius 2 is 2.47 bits per heavy atom. The molecule has 92 valence electrons. The van der Waals surface area contributed by atoms with Crippen molar-refractivity contribution in [3.8, 4) is 0 Å². The van der Waals surface area contributed by atoms with Crippen LogP contribution >= 0.6 is 0 Å². The number of pyridine rings is 1. The van der Waals surface area contributed by atoms with Gasteiger partial charge in [-0.05, 0) is 12.1 Å². The summed E-state index contributed by atoms with van der Waals surface area (Å²) < 4.78 is 10.8. The van der Waals surface area contributed by atoms with Gasteiger partial charge in [-0.3, -0.25) is 9.78 Å². The van der Waals surface area contributed by atoms with Crippen LogP contribution in [-0.2, 0) is 9.47 Å². The summed E-state index contributed by atoms with van der Waals surface area (Å²) in [6, 6.07) is 3.39. The number of aromatic nitrogens is 1. The molecule has 0 aromatic carbocycles. The van der Waals surface area contributed by atoms with Gasteiger partial charge in [0.2, 0.25) is 0 Å². The van der Waals surface area contributed by atoms with Gasteiger partial charge in [-0.1, -0.05) is 0 Å². The number of anilines is 1. The summed E-state index contributed by atoms with van der Waals surface area (Å²) in [6.45, 7) is 2.48. The minimum atomic E-state index is -0.536. The molecule has 1 saturated heterocycles. The third-order valence-corrected chi connectivity index (χ3v) is 2.43. The van der Waals surface area contributed by atoms with Crippen molar-refractivity contribution in [2.45, 2.75) is 6.10 Å². The van der Waals surface area contributed by atoms with E-state index in [1.165, 1.54) is 0 Å². The van der Waals surface area contributed by atoms with Crippen LogP contribution in [-0.4, -0.2) is 43.4 Å². The predicted octanol–water partition coefficient (Wildman–Crippen LogP) is 0.00780. The van der Waals surface area contributed by atoms with Gasteiger partial charge in [-0.15, -0.1) is 0 Å². The highest BCUT2D eigenvalue weighted by molar-refractivity contribution is 5.91. The van der Waals surface area contributed by atoms with Crippen molar-refractivity contribution >= 4 is 11.6 Å². The lowest BCUT2D eigenvalue weighted by molar-refractivity contribution is -0.0818. The fourth-order valence-electron chi connectivity index (χ4n) is 1.56. The van der Waals surface area contributed by atoms with Crippen molar-refractivity contribution in [3.63, 3.8) is 0 Å². The summed E-state index contributed by atoms with van der Waals surface area (Å²) in [7, 11) is 0. The molecule has 1 aliphatic rings. The molecule has 1 aliphatic heterocycles. The maximum absolute atomic E-state index is 10.9. The van der Waals surface area contributed by atoms with Crippen LogP contribution in [0.25, 0.3) is 0 Å². The normalized spacial score (nSPS) is 19.9. The van der Waals surface area contributed by atoms with Gasteiger partial charge < -0.3 is 20.5 Å². The molecule has 6 nitrogen and oxygen atoms in total. The fourth-order valence-corrected chi connectivity index (χ4v) is 1.56. The van der Waals surface area contributed by atoms with Crippen LogP contribution in [0.15, 0.2) is 18.3 Å². The van der Waals surface area contributed by atoms with E-state index in [0.717, 1.165) is 5.69 Å². The van der Waals surface area contributed by atoms with Gasteiger partial charge in [0.25, 0.3) is 5.91 Å². The SMILES string of the molecule is NC(=O)c1cc(NCC2COCCO2)ccn1. The molecule has 0 spiro atoms. The van der Waals surface area contributed by atoms with Crippen LogP contribution in [0.5, 0.6) is 0 Å². The highest BCUT2D eigenvalue weighted by atomic mass is 16.6. The Morgan fingerprint density at radius 1 is 1.59 bits per heavy atom. The number of rotatable bonds is 4. The van der Waals surface area contributed by atoms with Crippen molar-refractivity contribution in [1.82, 2.24) is 4.98 Å². The van der Waals surface area contributed by atoms with E-state index < -0.39 is 5.91 Å². The highest BCUT2D eigenvalue weighted by Crippen LogP contribution is 2.09. The second-order valence-electron chi connectivity index (χ2n) is 3.74. The number of hydrogen-bond donors (Lipinski definition) is 2. The van der Waals surface area contributed by atoms with E-state index in [2.05, 4.69) is 10.3 Å². The molecule has 1 fully saturated rings. The first-order chi connectivity index (χ1) is 8.25. The average molecular weight is 237 g/mol. The van der Waals surface area contributed by atoms with E-state index in [1.54, 1.807) is 18.3 Å². The third-order valence-electron chi connectivity index (χ3n) is 2.43. The molecule has 1 unspecified atom stereocenters. The Kier molecular flexibility index (Phi) is 3.89. The summed E-state index contributed by atoms with van der Waals surface area (Å²) in [5.41, 5.74) is 6.19. The Balaban J connectivity index is 1.89. The Labute approximate surface area is 99.1 Å². The fraction of sp³-hybridized carbons (Fsp3) is 0.455. The zero-order valence-electron chi connectivity index (χ0n) is 9.39. The second-order valence-corrected chi connectivity index (χ2v) is 3.74. The van der Waals surface area contributed by atoms with Gasteiger partial charge >= 0.3 is 0 Å². The molecule has 0 bridgehead atoms. The van der Waals surface area contributed by atoms with Crippen LogP contribution in [0.3, 0.4) is 0 Å². The number of carbonyl (C=O) groups is 1. The average Bonchev–Trinajstić information content (AvgIpc) is 2.38. The number of primary amides is 1. The number of carbonyl (C=O) groups excluding carboxylic acids is 1. The highest BCUT2D eigenvalue weighted by Gasteiger charge is 2.13. The molecule has 1 atom stereocenters. The number of ether oxygens (including phenoxy) is 2. The second kappa shape index (κ2) is 5.60. The number of nitrogens with two attached hydrogens (primary N) is 1. The summed E-state index contributed by atoms with van der Waals surface area (Å²) in [5, 5.41) is 3.16. The van der Waals surface area contributed by atoms with E-state index >= 15 is 0 Å². The minimum absolute atomic E-state index is 0.0361. The molecule has 17 heavy (non-hydrogen) atoms. The van der Waals surface area contributed by atoms with Crippen LogP contribution in [0, 0.1) is 0 Å². The quantitative estimate of drug-likeness (QED) is 0.770. The van der Waals surface area contributed by atoms with E-state index in [-0.39, 0.29) is 11.8 Å². The molecule has 0 aliphatic carbocycles. The standard InChI is InChI=1S/C11H15N3O3/c12-11(15)10-5-8(1-2-13-10)14-6-9-7-16-3-4-17-9/h1-2,5,9H,3-4,6-7H2,(H2,12,15)(H,13,14). The molecular formula is C11H15N3O3. The van der Waals surface area contributed by atoms with Crippen LogP contribution in [0.2, 0.25) is 0 Å². The van der Waals surface area contributed by atoms with E-state index in [0.29, 0.717) is 26.4 Å². The topological polar surface area (TPSA) is 86.5 Å². The smallest absolute Gasteiger partial charge is 0.267 e. The van der Waals surface area contributed by atoms with Crippen molar-refractivity contribution in [3.05, 3.63) is 24.0 Å². The Bertz CT molecular complexity index is 391. The summed E-state index contributed by atoms with van der Waals surface area (Å²) in [6.07, 6.45) is 1.58. The van der Waals surface area contributed by atoms with Crippen molar-refractivity contribution in [2.24, 2.45) is 5.73 Å². The van der Waals surface area contributed by atoms with Gasteiger partial charge in [0, 0.05) is 18.4 Å².